The van der Waals surface area contributed by atoms with Crippen LogP contribution < -0.4 is 0 Å². The van der Waals surface area contributed by atoms with Crippen LogP contribution in [0.5, 0.6) is 0 Å². The van der Waals surface area contributed by atoms with E-state index < -0.39 is 0 Å². The van der Waals surface area contributed by atoms with Crippen LogP contribution in [0.15, 0.2) is 0 Å². The van der Waals surface area contributed by atoms with E-state index in [4.69, 9.17) is 0 Å². The molecule has 0 saturated heterocycles. The third-order valence-electron chi connectivity index (χ3n) is 12.6. The van der Waals surface area contributed by atoms with Gasteiger partial charge < -0.3 is 5.11 Å². The fourth-order valence-corrected chi connectivity index (χ4v) is 9.68. The molecule has 3 rings (SSSR count). The molecule has 0 amide bonds. The monoisotopic (exact) mass is 531 g/mol. The van der Waals surface area contributed by atoms with Gasteiger partial charge in [-0.15, -0.1) is 0 Å². The molecule has 0 aromatic carbocycles. The molecule has 38 heavy (non-hydrogen) atoms. The molecular formula is C37H70O. The molecule has 0 aromatic rings. The van der Waals surface area contributed by atoms with E-state index in [1.807, 2.05) is 0 Å². The highest BCUT2D eigenvalue weighted by Gasteiger charge is 2.37. The van der Waals surface area contributed by atoms with Crippen molar-refractivity contribution >= 4 is 0 Å². The van der Waals surface area contributed by atoms with Gasteiger partial charge in [-0.2, -0.15) is 0 Å². The van der Waals surface area contributed by atoms with Crippen LogP contribution in [-0.2, 0) is 0 Å². The second-order valence-electron chi connectivity index (χ2n) is 15.3. The summed E-state index contributed by atoms with van der Waals surface area (Å²) in [5.74, 6) is 9.50. The molecule has 1 heteroatoms. The van der Waals surface area contributed by atoms with Gasteiger partial charge >= 0.3 is 0 Å². The first-order chi connectivity index (χ1) is 18.3. The van der Waals surface area contributed by atoms with Crippen LogP contribution in [-0.4, -0.2) is 11.2 Å². The zero-order valence-electron chi connectivity index (χ0n) is 26.9. The molecule has 3 saturated carbocycles. The van der Waals surface area contributed by atoms with Crippen molar-refractivity contribution in [1.29, 1.82) is 0 Å². The van der Waals surface area contributed by atoms with E-state index in [-0.39, 0.29) is 6.10 Å². The van der Waals surface area contributed by atoms with E-state index in [2.05, 4.69) is 41.5 Å². The van der Waals surface area contributed by atoms with Crippen LogP contribution in [0.2, 0.25) is 0 Å². The van der Waals surface area contributed by atoms with Crippen LogP contribution in [0, 0.1) is 59.2 Å². The summed E-state index contributed by atoms with van der Waals surface area (Å²) < 4.78 is 0. The van der Waals surface area contributed by atoms with E-state index in [1.54, 1.807) is 12.8 Å². The van der Waals surface area contributed by atoms with Crippen LogP contribution in [0.4, 0.5) is 0 Å². The molecule has 1 nitrogen and oxygen atoms in total. The summed E-state index contributed by atoms with van der Waals surface area (Å²) in [4.78, 5) is 0. The summed E-state index contributed by atoms with van der Waals surface area (Å²) in [5, 5.41) is 9.81. The van der Waals surface area contributed by atoms with Crippen LogP contribution in [0.1, 0.15) is 170 Å². The molecule has 0 aliphatic heterocycles. The maximum Gasteiger partial charge on any atom is 0.0540 e. The summed E-state index contributed by atoms with van der Waals surface area (Å²) in [6.07, 6.45) is 28.2. The molecule has 3 aliphatic carbocycles. The van der Waals surface area contributed by atoms with Crippen LogP contribution >= 0.6 is 0 Å². The fourth-order valence-electron chi connectivity index (χ4n) is 9.68. The van der Waals surface area contributed by atoms with Crippen LogP contribution in [0.3, 0.4) is 0 Å². The van der Waals surface area contributed by atoms with Gasteiger partial charge in [-0.3, -0.25) is 0 Å². The highest BCUT2D eigenvalue weighted by molar-refractivity contribution is 4.87. The Labute approximate surface area is 240 Å². The van der Waals surface area contributed by atoms with Gasteiger partial charge in [0.15, 0.2) is 0 Å². The van der Waals surface area contributed by atoms with E-state index in [0.717, 1.165) is 72.0 Å². The minimum absolute atomic E-state index is 0.00425. The lowest BCUT2D eigenvalue weighted by molar-refractivity contribution is 0.0634. The lowest BCUT2D eigenvalue weighted by Crippen LogP contribution is -2.34. The summed E-state index contributed by atoms with van der Waals surface area (Å²) in [6.45, 7) is 15.1. The first-order valence-corrected chi connectivity index (χ1v) is 18.0. The molecule has 7 atom stereocenters. The summed E-state index contributed by atoms with van der Waals surface area (Å²) in [5.41, 5.74) is 0. The second-order valence-corrected chi connectivity index (χ2v) is 15.3. The number of rotatable bonds is 15. The Bertz CT molecular complexity index is 598. The Morgan fingerprint density at radius 3 is 1.92 bits per heavy atom. The average molecular weight is 531 g/mol. The highest BCUT2D eigenvalue weighted by atomic mass is 16.3. The first-order valence-electron chi connectivity index (χ1n) is 18.0. The Morgan fingerprint density at radius 1 is 0.684 bits per heavy atom. The van der Waals surface area contributed by atoms with Crippen molar-refractivity contribution in [3.05, 3.63) is 0 Å². The lowest BCUT2D eigenvalue weighted by Gasteiger charge is -2.44. The van der Waals surface area contributed by atoms with Gasteiger partial charge in [-0.1, -0.05) is 125 Å². The Kier molecular flexibility index (Phi) is 14.6. The first kappa shape index (κ1) is 32.5. The Morgan fingerprint density at radius 2 is 1.29 bits per heavy atom. The molecule has 3 fully saturated rings. The molecule has 224 valence electrons. The van der Waals surface area contributed by atoms with Crippen molar-refractivity contribution in [2.75, 3.05) is 0 Å². The lowest BCUT2D eigenvalue weighted by atomic mass is 9.62. The van der Waals surface area contributed by atoms with Gasteiger partial charge in [0.25, 0.3) is 0 Å². The number of hydrogen-bond acceptors (Lipinski definition) is 1. The number of aliphatic hydroxyl groups is 1. The summed E-state index contributed by atoms with van der Waals surface area (Å²) >= 11 is 0. The maximum absolute atomic E-state index is 9.81. The summed E-state index contributed by atoms with van der Waals surface area (Å²) in [7, 11) is 0. The Balaban J connectivity index is 1.46. The predicted octanol–water partition coefficient (Wildman–Crippen LogP) is 11.5. The van der Waals surface area contributed by atoms with Gasteiger partial charge in [0, 0.05) is 0 Å². The highest BCUT2D eigenvalue weighted by Crippen LogP contribution is 2.47. The molecule has 0 bridgehead atoms. The summed E-state index contributed by atoms with van der Waals surface area (Å²) in [6, 6.07) is 0. The topological polar surface area (TPSA) is 20.2 Å². The van der Waals surface area contributed by atoms with E-state index in [0.29, 0.717) is 0 Å². The van der Waals surface area contributed by atoms with E-state index >= 15 is 0 Å². The minimum atomic E-state index is -0.00425. The molecule has 0 aromatic heterocycles. The third-order valence-corrected chi connectivity index (χ3v) is 12.6. The maximum atomic E-state index is 9.81. The largest absolute Gasteiger partial charge is 0.393 e. The van der Waals surface area contributed by atoms with Gasteiger partial charge in [-0.05, 0) is 104 Å². The van der Waals surface area contributed by atoms with Crippen molar-refractivity contribution in [3.8, 4) is 0 Å². The minimum Gasteiger partial charge on any atom is -0.393 e. The fraction of sp³-hybridized carbons (Fsp3) is 1.00. The molecule has 0 heterocycles. The van der Waals surface area contributed by atoms with Crippen molar-refractivity contribution in [2.24, 2.45) is 59.2 Å². The Hall–Kier alpha value is -0.0400. The molecular weight excluding hydrogens is 460 g/mol. The standard InChI is InChI=1S/C37H70O/c1-7-11-30-16-18-32(19-17-30)25-33-15-14-28(5)37(26-33)36(9-3)34(8-2)24-29(6)27(4)12-10-13-31-20-22-35(38)23-21-31/h27-38H,7-26H2,1-6H3. The van der Waals surface area contributed by atoms with Crippen molar-refractivity contribution in [1.82, 2.24) is 0 Å². The molecule has 0 spiro atoms. The zero-order chi connectivity index (χ0) is 27.5. The van der Waals surface area contributed by atoms with E-state index in [1.165, 1.54) is 103 Å². The van der Waals surface area contributed by atoms with Crippen molar-refractivity contribution in [3.63, 3.8) is 0 Å². The quantitative estimate of drug-likeness (QED) is 0.223. The van der Waals surface area contributed by atoms with Gasteiger partial charge in [0.2, 0.25) is 0 Å². The second kappa shape index (κ2) is 17.0. The number of hydrogen-bond donors (Lipinski definition) is 1. The van der Waals surface area contributed by atoms with Crippen LogP contribution in [0.25, 0.3) is 0 Å². The van der Waals surface area contributed by atoms with Crippen molar-refractivity contribution < 1.29 is 5.11 Å². The number of aliphatic hydroxyl groups excluding tert-OH is 1. The van der Waals surface area contributed by atoms with Crippen molar-refractivity contribution in [2.45, 2.75) is 176 Å². The average Bonchev–Trinajstić information content (AvgIpc) is 2.92. The molecule has 3 aliphatic rings. The van der Waals surface area contributed by atoms with Gasteiger partial charge in [0.05, 0.1) is 6.10 Å². The van der Waals surface area contributed by atoms with E-state index in [9.17, 15) is 5.11 Å². The smallest absolute Gasteiger partial charge is 0.0540 e. The predicted molar refractivity (Wildman–Crippen MR) is 167 cm³/mol. The normalized spacial score (nSPS) is 35.9. The zero-order valence-corrected chi connectivity index (χ0v) is 26.9. The third kappa shape index (κ3) is 10.1. The molecule has 7 unspecified atom stereocenters. The SMILES string of the molecule is CCCC1CCC(CC2CCC(C)C(C(CC)C(CC)CC(C)C(C)CCCC3CCC(O)CC3)C2)CC1. The molecule has 1 N–H and O–H groups in total. The van der Waals surface area contributed by atoms with Gasteiger partial charge in [-0.25, -0.2) is 0 Å². The van der Waals surface area contributed by atoms with Gasteiger partial charge in [0.1, 0.15) is 0 Å². The molecule has 0 radical (unpaired) electrons.